The van der Waals surface area contributed by atoms with Gasteiger partial charge in [0.2, 0.25) is 0 Å². The van der Waals surface area contributed by atoms with Gasteiger partial charge in [0, 0.05) is 28.5 Å². The van der Waals surface area contributed by atoms with Crippen molar-refractivity contribution in [1.82, 2.24) is 9.78 Å². The number of nitrogens with zero attached hydrogens (tertiary/aromatic N) is 3. The molecule has 0 amide bonds. The van der Waals surface area contributed by atoms with Gasteiger partial charge in [-0.1, -0.05) is 120 Å². The van der Waals surface area contributed by atoms with E-state index in [1.165, 1.54) is 0 Å². The van der Waals surface area contributed by atoms with E-state index >= 15 is 0 Å². The topological polar surface area (TPSA) is 50.4 Å². The van der Waals surface area contributed by atoms with E-state index in [-0.39, 0.29) is 16.6 Å². The zero-order chi connectivity index (χ0) is 28.5. The van der Waals surface area contributed by atoms with Crippen LogP contribution in [0.25, 0.3) is 28.2 Å². The smallest absolute Gasteiger partial charge is 0.128 e. The second-order valence-corrected chi connectivity index (χ2v) is 12.3. The Labute approximate surface area is 237 Å². The van der Waals surface area contributed by atoms with Crippen molar-refractivity contribution >= 4 is 11.9 Å². The predicted octanol–water partition coefficient (Wildman–Crippen LogP) is 9.26. The maximum absolute atomic E-state index is 11.3. The lowest BCUT2D eigenvalue weighted by Gasteiger charge is -2.27. The van der Waals surface area contributed by atoms with E-state index < -0.39 is 0 Å². The van der Waals surface area contributed by atoms with Crippen LogP contribution in [0.4, 0.5) is 5.69 Å². The van der Waals surface area contributed by atoms with Crippen LogP contribution in [0.15, 0.2) is 108 Å². The lowest BCUT2D eigenvalue weighted by Crippen LogP contribution is -2.17. The molecule has 1 N–H and O–H groups in total. The van der Waals surface area contributed by atoms with Crippen LogP contribution in [0.1, 0.15) is 58.2 Å². The fourth-order valence-electron chi connectivity index (χ4n) is 4.78. The van der Waals surface area contributed by atoms with Gasteiger partial charge in [0.15, 0.2) is 0 Å². The minimum absolute atomic E-state index is 0.0678. The number of hydrogen-bond acceptors (Lipinski definition) is 3. The van der Waals surface area contributed by atoms with Gasteiger partial charge in [0.1, 0.15) is 5.75 Å². The van der Waals surface area contributed by atoms with E-state index in [4.69, 9.17) is 10.1 Å². The van der Waals surface area contributed by atoms with Gasteiger partial charge in [0.05, 0.1) is 22.8 Å². The third kappa shape index (κ3) is 5.62. The lowest BCUT2D eigenvalue weighted by atomic mass is 9.79. The van der Waals surface area contributed by atoms with Gasteiger partial charge in [-0.25, -0.2) is 4.68 Å². The molecular weight excluding hydrogens is 490 g/mol. The van der Waals surface area contributed by atoms with Gasteiger partial charge >= 0.3 is 0 Å². The van der Waals surface area contributed by atoms with Gasteiger partial charge in [-0.2, -0.15) is 5.10 Å². The van der Waals surface area contributed by atoms with Crippen molar-refractivity contribution in [1.29, 1.82) is 0 Å². The predicted molar refractivity (Wildman–Crippen MR) is 167 cm³/mol. The Morgan fingerprint density at radius 3 is 1.93 bits per heavy atom. The first-order chi connectivity index (χ1) is 19.0. The summed E-state index contributed by atoms with van der Waals surface area (Å²) in [4.78, 5) is 4.93. The van der Waals surface area contributed by atoms with Crippen molar-refractivity contribution in [2.45, 2.75) is 52.4 Å². The Hall–Kier alpha value is -4.44. The molecule has 0 aliphatic carbocycles. The highest BCUT2D eigenvalue weighted by Crippen LogP contribution is 2.38. The number of aromatic hydroxyl groups is 1. The highest BCUT2D eigenvalue weighted by molar-refractivity contribution is 5.88. The summed E-state index contributed by atoms with van der Waals surface area (Å²) in [5.74, 6) is 0.275. The van der Waals surface area contributed by atoms with Crippen LogP contribution in [0.2, 0.25) is 0 Å². The molecule has 1 aromatic heterocycles. The molecule has 0 bridgehead atoms. The summed E-state index contributed by atoms with van der Waals surface area (Å²) >= 11 is 0. The highest BCUT2D eigenvalue weighted by Gasteiger charge is 2.24. The number of benzene rings is 4. The number of aromatic nitrogens is 2. The third-order valence-corrected chi connectivity index (χ3v) is 7.11. The molecule has 4 aromatic carbocycles. The zero-order valence-corrected chi connectivity index (χ0v) is 24.2. The van der Waals surface area contributed by atoms with Crippen molar-refractivity contribution in [3.05, 3.63) is 120 Å². The summed E-state index contributed by atoms with van der Waals surface area (Å²) in [6.07, 6.45) is 1.78. The zero-order valence-electron chi connectivity index (χ0n) is 24.2. The van der Waals surface area contributed by atoms with Crippen molar-refractivity contribution in [2.75, 3.05) is 0 Å². The average Bonchev–Trinajstić information content (AvgIpc) is 3.38. The SMILES string of the molecule is CC(C)(C)c1cc(C=Nc2ccccc2-n2nc(-c3ccccc3)cc2-c2ccccc2)c(O)c(C(C)(C)C)c1. The minimum Gasteiger partial charge on any atom is -0.507 e. The van der Waals surface area contributed by atoms with Gasteiger partial charge in [-0.05, 0) is 40.7 Å². The molecular formula is C36H37N3O. The summed E-state index contributed by atoms with van der Waals surface area (Å²) in [5, 5.41) is 16.3. The quantitative estimate of drug-likeness (QED) is 0.232. The molecule has 0 unspecified atom stereocenters. The highest BCUT2D eigenvalue weighted by atomic mass is 16.3. The lowest BCUT2D eigenvalue weighted by molar-refractivity contribution is 0.444. The molecule has 0 aliphatic heterocycles. The molecule has 1 heterocycles. The van der Waals surface area contributed by atoms with Crippen LogP contribution in [0, 0.1) is 0 Å². The van der Waals surface area contributed by atoms with Crippen LogP contribution in [0.3, 0.4) is 0 Å². The van der Waals surface area contributed by atoms with E-state index in [0.717, 1.165) is 45.0 Å². The molecule has 202 valence electrons. The standard InChI is InChI=1S/C36H37N3O/c1-35(2,3)28-21-27(34(40)29(22-28)36(4,5)6)24-37-30-19-13-14-20-32(30)39-33(26-17-11-8-12-18-26)23-31(38-39)25-15-9-7-10-16-25/h7-24,40H,1-6H3. The van der Waals surface area contributed by atoms with Crippen LogP contribution >= 0.6 is 0 Å². The Morgan fingerprint density at radius 1 is 0.700 bits per heavy atom. The molecule has 40 heavy (non-hydrogen) atoms. The van der Waals surface area contributed by atoms with E-state index in [1.54, 1.807) is 6.21 Å². The van der Waals surface area contributed by atoms with Crippen molar-refractivity contribution in [2.24, 2.45) is 4.99 Å². The van der Waals surface area contributed by atoms with E-state index in [2.05, 4.69) is 77.9 Å². The molecule has 5 aromatic rings. The fourth-order valence-corrected chi connectivity index (χ4v) is 4.78. The summed E-state index contributed by atoms with van der Waals surface area (Å²) in [7, 11) is 0. The Bertz CT molecular complexity index is 1650. The van der Waals surface area contributed by atoms with Crippen LogP contribution in [-0.2, 0) is 10.8 Å². The fraction of sp³-hybridized carbons (Fsp3) is 0.222. The number of para-hydroxylation sites is 2. The first kappa shape index (κ1) is 27.1. The number of aliphatic imine (C=N–C) groups is 1. The van der Waals surface area contributed by atoms with Gasteiger partial charge in [-0.15, -0.1) is 0 Å². The summed E-state index contributed by atoms with van der Waals surface area (Å²) in [6, 6.07) is 34.8. The second-order valence-electron chi connectivity index (χ2n) is 12.3. The number of phenols is 1. The second kappa shape index (κ2) is 10.6. The third-order valence-electron chi connectivity index (χ3n) is 7.11. The van der Waals surface area contributed by atoms with Crippen LogP contribution < -0.4 is 0 Å². The maximum atomic E-state index is 11.3. The normalized spacial score (nSPS) is 12.2. The minimum atomic E-state index is -0.209. The van der Waals surface area contributed by atoms with E-state index in [9.17, 15) is 5.11 Å². The summed E-state index contributed by atoms with van der Waals surface area (Å²) < 4.78 is 1.97. The Kier molecular flexibility index (Phi) is 7.20. The molecule has 4 nitrogen and oxygen atoms in total. The number of phenolic OH excluding ortho intramolecular Hbond substituents is 1. The molecule has 0 spiro atoms. The number of hydrogen-bond donors (Lipinski definition) is 1. The molecule has 4 heteroatoms. The van der Waals surface area contributed by atoms with Gasteiger partial charge < -0.3 is 5.11 Å². The molecule has 0 saturated heterocycles. The Balaban J connectivity index is 1.65. The van der Waals surface area contributed by atoms with Crippen LogP contribution in [-0.4, -0.2) is 21.1 Å². The molecule has 0 saturated carbocycles. The molecule has 5 rings (SSSR count). The van der Waals surface area contributed by atoms with Crippen molar-refractivity contribution in [3.8, 4) is 34.0 Å². The van der Waals surface area contributed by atoms with Crippen molar-refractivity contribution < 1.29 is 5.11 Å². The monoisotopic (exact) mass is 527 g/mol. The summed E-state index contributed by atoms with van der Waals surface area (Å²) in [5.41, 5.74) is 8.14. The molecule has 0 fully saturated rings. The average molecular weight is 528 g/mol. The first-order valence-corrected chi connectivity index (χ1v) is 13.7. The van der Waals surface area contributed by atoms with Gasteiger partial charge in [-0.3, -0.25) is 4.99 Å². The number of rotatable bonds is 5. The molecule has 0 atom stereocenters. The van der Waals surface area contributed by atoms with Crippen molar-refractivity contribution in [3.63, 3.8) is 0 Å². The van der Waals surface area contributed by atoms with E-state index in [1.807, 2.05) is 71.4 Å². The van der Waals surface area contributed by atoms with Crippen LogP contribution in [0.5, 0.6) is 5.75 Å². The Morgan fingerprint density at radius 2 is 1.30 bits per heavy atom. The molecule has 0 aliphatic rings. The first-order valence-electron chi connectivity index (χ1n) is 13.7. The molecule has 0 radical (unpaired) electrons. The largest absolute Gasteiger partial charge is 0.507 e. The van der Waals surface area contributed by atoms with E-state index in [0.29, 0.717) is 5.56 Å². The summed E-state index contributed by atoms with van der Waals surface area (Å²) in [6.45, 7) is 12.9. The maximum Gasteiger partial charge on any atom is 0.128 e. The van der Waals surface area contributed by atoms with Gasteiger partial charge in [0.25, 0.3) is 0 Å².